The van der Waals surface area contributed by atoms with Crippen molar-refractivity contribution in [1.82, 2.24) is 20.1 Å². The van der Waals surface area contributed by atoms with E-state index in [1.807, 2.05) is 35.2 Å². The van der Waals surface area contributed by atoms with Crippen molar-refractivity contribution in [2.45, 2.75) is 6.42 Å². The van der Waals surface area contributed by atoms with E-state index in [9.17, 15) is 4.79 Å². The molecule has 1 aromatic carbocycles. The van der Waals surface area contributed by atoms with E-state index in [1.54, 1.807) is 11.3 Å². The van der Waals surface area contributed by atoms with Crippen molar-refractivity contribution in [3.05, 3.63) is 58.0 Å². The number of hydrogen-bond acceptors (Lipinski definition) is 5. The quantitative estimate of drug-likeness (QED) is 0.782. The highest BCUT2D eigenvalue weighted by molar-refractivity contribution is 7.09. The smallest absolute Gasteiger partial charge is 0.254 e. The predicted molar refractivity (Wildman–Crippen MR) is 95.7 cm³/mol. The van der Waals surface area contributed by atoms with E-state index >= 15 is 0 Å². The first kappa shape index (κ1) is 16.0. The number of thiophene rings is 1. The number of morpholine rings is 1. The fourth-order valence-electron chi connectivity index (χ4n) is 2.79. The molecule has 0 atom stereocenters. The van der Waals surface area contributed by atoms with Crippen molar-refractivity contribution in [3.63, 3.8) is 0 Å². The molecule has 4 rings (SSSR count). The molecule has 1 N–H and O–H groups in total. The van der Waals surface area contributed by atoms with Crippen molar-refractivity contribution in [2.75, 3.05) is 26.3 Å². The summed E-state index contributed by atoms with van der Waals surface area (Å²) >= 11 is 1.70. The Hall–Kier alpha value is -2.51. The Morgan fingerprint density at radius 3 is 2.72 bits per heavy atom. The van der Waals surface area contributed by atoms with E-state index in [-0.39, 0.29) is 5.91 Å². The summed E-state index contributed by atoms with van der Waals surface area (Å²) in [5.74, 6) is 1.53. The molecule has 0 unspecified atom stereocenters. The van der Waals surface area contributed by atoms with Crippen LogP contribution >= 0.6 is 11.3 Å². The van der Waals surface area contributed by atoms with Crippen LogP contribution in [0.3, 0.4) is 0 Å². The van der Waals surface area contributed by atoms with E-state index in [4.69, 9.17) is 4.74 Å². The van der Waals surface area contributed by atoms with E-state index in [2.05, 4.69) is 26.6 Å². The van der Waals surface area contributed by atoms with Crippen LogP contribution in [-0.4, -0.2) is 52.3 Å². The minimum Gasteiger partial charge on any atom is -0.378 e. The van der Waals surface area contributed by atoms with E-state index < -0.39 is 0 Å². The molecule has 0 saturated carbocycles. The first-order valence-corrected chi connectivity index (χ1v) is 9.09. The largest absolute Gasteiger partial charge is 0.378 e. The average Bonchev–Trinajstić information content (AvgIpc) is 3.35. The molecule has 0 spiro atoms. The first-order chi connectivity index (χ1) is 12.3. The van der Waals surface area contributed by atoms with Gasteiger partial charge in [-0.25, -0.2) is 4.98 Å². The van der Waals surface area contributed by atoms with Crippen LogP contribution in [0.5, 0.6) is 0 Å². The maximum Gasteiger partial charge on any atom is 0.254 e. The zero-order chi connectivity index (χ0) is 17.1. The molecule has 1 amide bonds. The summed E-state index contributed by atoms with van der Waals surface area (Å²) in [7, 11) is 0. The highest BCUT2D eigenvalue weighted by Gasteiger charge is 2.18. The number of aromatic nitrogens is 3. The summed E-state index contributed by atoms with van der Waals surface area (Å²) in [6, 6.07) is 11.6. The molecule has 1 saturated heterocycles. The van der Waals surface area contributed by atoms with Crippen molar-refractivity contribution in [3.8, 4) is 11.4 Å². The van der Waals surface area contributed by atoms with Gasteiger partial charge in [0.05, 0.1) is 13.2 Å². The SMILES string of the molecule is O=C(c1ccc(-c2n[nH]c(Cc3cccs3)n2)cc1)N1CCOCC1. The molecule has 3 aromatic rings. The number of H-pyrrole nitrogens is 1. The lowest BCUT2D eigenvalue weighted by Crippen LogP contribution is -2.40. The molecular formula is C18H18N4O2S. The molecule has 1 aliphatic heterocycles. The van der Waals surface area contributed by atoms with Crippen molar-refractivity contribution in [1.29, 1.82) is 0 Å². The lowest BCUT2D eigenvalue weighted by Gasteiger charge is -2.26. The van der Waals surface area contributed by atoms with Crippen LogP contribution < -0.4 is 0 Å². The number of aromatic amines is 1. The molecule has 6 nitrogen and oxygen atoms in total. The van der Waals surface area contributed by atoms with Gasteiger partial charge in [0.1, 0.15) is 5.82 Å². The first-order valence-electron chi connectivity index (χ1n) is 8.21. The van der Waals surface area contributed by atoms with Gasteiger partial charge in [-0.05, 0) is 23.6 Å². The van der Waals surface area contributed by atoms with Gasteiger partial charge in [-0.3, -0.25) is 9.89 Å². The molecule has 2 aromatic heterocycles. The van der Waals surface area contributed by atoms with E-state index in [0.29, 0.717) is 37.7 Å². The van der Waals surface area contributed by atoms with Crippen molar-refractivity contribution >= 4 is 17.2 Å². The average molecular weight is 354 g/mol. The third-order valence-corrected chi connectivity index (χ3v) is 5.02. The van der Waals surface area contributed by atoms with Crippen LogP contribution in [0.4, 0.5) is 0 Å². The number of hydrogen-bond donors (Lipinski definition) is 1. The molecule has 1 fully saturated rings. The Morgan fingerprint density at radius 2 is 2.00 bits per heavy atom. The summed E-state index contributed by atoms with van der Waals surface area (Å²) in [5, 5.41) is 9.33. The van der Waals surface area contributed by atoms with Gasteiger partial charge in [-0.15, -0.1) is 11.3 Å². The molecule has 7 heteroatoms. The maximum absolute atomic E-state index is 12.5. The van der Waals surface area contributed by atoms with E-state index in [0.717, 1.165) is 17.8 Å². The van der Waals surface area contributed by atoms with Crippen LogP contribution in [0.25, 0.3) is 11.4 Å². The summed E-state index contributed by atoms with van der Waals surface area (Å²) in [6.07, 6.45) is 0.748. The zero-order valence-corrected chi connectivity index (χ0v) is 14.5. The van der Waals surface area contributed by atoms with Gasteiger partial charge in [0, 0.05) is 35.5 Å². The number of nitrogens with zero attached hydrogens (tertiary/aromatic N) is 3. The molecule has 0 bridgehead atoms. The predicted octanol–water partition coefficient (Wildman–Crippen LogP) is 2.60. The third-order valence-electron chi connectivity index (χ3n) is 4.14. The van der Waals surface area contributed by atoms with Crippen LogP contribution in [0, 0.1) is 0 Å². The van der Waals surface area contributed by atoms with E-state index in [1.165, 1.54) is 4.88 Å². The van der Waals surface area contributed by atoms with Crippen LogP contribution in [0.1, 0.15) is 21.1 Å². The second-order valence-electron chi connectivity index (χ2n) is 5.84. The van der Waals surface area contributed by atoms with Crippen LogP contribution in [0.15, 0.2) is 41.8 Å². The monoisotopic (exact) mass is 354 g/mol. The van der Waals surface area contributed by atoms with Gasteiger partial charge < -0.3 is 9.64 Å². The molecule has 0 aliphatic carbocycles. The van der Waals surface area contributed by atoms with Gasteiger partial charge in [0.2, 0.25) is 0 Å². The third kappa shape index (κ3) is 3.62. The zero-order valence-electron chi connectivity index (χ0n) is 13.6. The lowest BCUT2D eigenvalue weighted by atomic mass is 10.1. The number of amides is 1. The van der Waals surface area contributed by atoms with Crippen LogP contribution in [0.2, 0.25) is 0 Å². The van der Waals surface area contributed by atoms with Crippen LogP contribution in [-0.2, 0) is 11.2 Å². The number of carbonyl (C=O) groups excluding carboxylic acids is 1. The summed E-state index contributed by atoms with van der Waals surface area (Å²) < 4.78 is 5.29. The second kappa shape index (κ2) is 7.16. The fourth-order valence-corrected chi connectivity index (χ4v) is 3.50. The van der Waals surface area contributed by atoms with Crippen molar-refractivity contribution in [2.24, 2.45) is 0 Å². The molecule has 128 valence electrons. The van der Waals surface area contributed by atoms with Crippen molar-refractivity contribution < 1.29 is 9.53 Å². The number of carbonyl (C=O) groups is 1. The normalized spacial score (nSPS) is 14.6. The Morgan fingerprint density at radius 1 is 1.20 bits per heavy atom. The highest BCUT2D eigenvalue weighted by atomic mass is 32.1. The maximum atomic E-state index is 12.5. The van der Waals surface area contributed by atoms with Gasteiger partial charge in [-0.1, -0.05) is 18.2 Å². The molecular weight excluding hydrogens is 336 g/mol. The molecule has 1 aliphatic rings. The minimum atomic E-state index is 0.0446. The topological polar surface area (TPSA) is 71.1 Å². The Labute approximate surface area is 149 Å². The molecule has 0 radical (unpaired) electrons. The number of benzene rings is 1. The Balaban J connectivity index is 1.46. The molecule has 25 heavy (non-hydrogen) atoms. The van der Waals surface area contributed by atoms with Gasteiger partial charge in [-0.2, -0.15) is 5.10 Å². The standard InChI is InChI=1S/C18H18N4O2S/c23-18(22-7-9-24-10-8-22)14-5-3-13(4-6-14)17-19-16(20-21-17)12-15-2-1-11-25-15/h1-6,11H,7-10,12H2,(H,19,20,21). The molecule has 3 heterocycles. The highest BCUT2D eigenvalue weighted by Crippen LogP contribution is 2.19. The number of rotatable bonds is 4. The lowest BCUT2D eigenvalue weighted by molar-refractivity contribution is 0.0303. The van der Waals surface area contributed by atoms with Gasteiger partial charge >= 0.3 is 0 Å². The second-order valence-corrected chi connectivity index (χ2v) is 6.88. The number of ether oxygens (including phenoxy) is 1. The summed E-state index contributed by atoms with van der Waals surface area (Å²) in [6.45, 7) is 2.50. The Kier molecular flexibility index (Phi) is 4.58. The summed E-state index contributed by atoms with van der Waals surface area (Å²) in [5.41, 5.74) is 1.58. The minimum absolute atomic E-state index is 0.0446. The number of nitrogens with one attached hydrogen (secondary N) is 1. The van der Waals surface area contributed by atoms with Gasteiger partial charge in [0.15, 0.2) is 5.82 Å². The fraction of sp³-hybridized carbons (Fsp3) is 0.278. The van der Waals surface area contributed by atoms with Gasteiger partial charge in [0.25, 0.3) is 5.91 Å². The Bertz CT molecular complexity index is 836. The summed E-state index contributed by atoms with van der Waals surface area (Å²) in [4.78, 5) is 20.1.